The summed E-state index contributed by atoms with van der Waals surface area (Å²) in [7, 11) is -3.49. The Balaban J connectivity index is 2.23. The maximum Gasteiger partial charge on any atom is 0.307 e. The molecule has 0 amide bonds. The standard InChI is InChI=1S/C18H23N3O5S/c1-4-11-7-6-8-12-15-13(20-21-27(3,24)25)10-26-18(5-2,9-14(22)23)17(15)19-16(11)12/h6-8,10,19-21H,4-5,9H2,1-3H3,(H,22,23). The van der Waals surface area contributed by atoms with Crippen LogP contribution in [0.3, 0.4) is 0 Å². The monoisotopic (exact) mass is 393 g/mol. The maximum atomic E-state index is 11.5. The number of carboxylic acid groups (broad SMARTS) is 1. The Labute approximate surface area is 157 Å². The molecular weight excluding hydrogens is 370 g/mol. The second-order valence-electron chi connectivity index (χ2n) is 6.64. The second kappa shape index (κ2) is 6.90. The van der Waals surface area contributed by atoms with Crippen molar-refractivity contribution in [2.24, 2.45) is 0 Å². The number of carbonyl (C=O) groups is 1. The van der Waals surface area contributed by atoms with Gasteiger partial charge in [-0.2, -0.15) is 0 Å². The zero-order chi connectivity index (χ0) is 19.8. The van der Waals surface area contributed by atoms with Gasteiger partial charge < -0.3 is 20.3 Å². The van der Waals surface area contributed by atoms with Crippen molar-refractivity contribution in [1.82, 2.24) is 15.2 Å². The first-order valence-electron chi connectivity index (χ1n) is 8.67. The SMILES string of the molecule is CCc1cccc2c3c([nH]c12)C(CC)(CC(=O)O)OC=C3NNS(C)(=O)=O. The molecule has 146 valence electrons. The van der Waals surface area contributed by atoms with Gasteiger partial charge in [0.2, 0.25) is 10.0 Å². The summed E-state index contributed by atoms with van der Waals surface area (Å²) in [6.45, 7) is 3.90. The lowest BCUT2D eigenvalue weighted by atomic mass is 9.87. The maximum absolute atomic E-state index is 11.5. The van der Waals surface area contributed by atoms with Crippen LogP contribution in [0.15, 0.2) is 24.5 Å². The molecule has 3 rings (SSSR count). The van der Waals surface area contributed by atoms with Crippen molar-refractivity contribution in [2.45, 2.75) is 38.7 Å². The molecule has 1 aromatic heterocycles. The summed E-state index contributed by atoms with van der Waals surface area (Å²) in [5.41, 5.74) is 5.36. The molecule has 0 spiro atoms. The molecule has 0 saturated heterocycles. The highest BCUT2D eigenvalue weighted by atomic mass is 32.2. The number of aromatic nitrogens is 1. The topological polar surface area (TPSA) is 121 Å². The molecule has 0 aliphatic carbocycles. The molecule has 4 N–H and O–H groups in total. The number of sulfonamides is 1. The molecule has 0 saturated carbocycles. The third kappa shape index (κ3) is 3.52. The largest absolute Gasteiger partial charge is 0.486 e. The normalized spacial score (nSPS) is 19.3. The number of hydrogen-bond donors (Lipinski definition) is 4. The Bertz CT molecular complexity index is 1030. The number of nitrogens with one attached hydrogen (secondary N) is 3. The molecule has 1 aromatic carbocycles. The van der Waals surface area contributed by atoms with Crippen LogP contribution >= 0.6 is 0 Å². The van der Waals surface area contributed by atoms with E-state index < -0.39 is 21.6 Å². The quantitative estimate of drug-likeness (QED) is 0.535. The van der Waals surface area contributed by atoms with E-state index in [0.717, 1.165) is 29.1 Å². The number of aryl methyl sites for hydroxylation is 1. The van der Waals surface area contributed by atoms with E-state index in [1.807, 2.05) is 32.0 Å². The van der Waals surface area contributed by atoms with Crippen LogP contribution in [-0.4, -0.2) is 30.7 Å². The van der Waals surface area contributed by atoms with Crippen LogP contribution in [0, 0.1) is 0 Å². The Morgan fingerprint density at radius 3 is 2.67 bits per heavy atom. The molecule has 1 aliphatic heterocycles. The van der Waals surface area contributed by atoms with Gasteiger partial charge in [0, 0.05) is 16.5 Å². The Kier molecular flexibility index (Phi) is 4.92. The number of aromatic amines is 1. The fourth-order valence-corrected chi connectivity index (χ4v) is 3.78. The van der Waals surface area contributed by atoms with Gasteiger partial charge in [-0.15, -0.1) is 4.83 Å². The molecule has 0 radical (unpaired) electrons. The lowest BCUT2D eigenvalue weighted by Crippen LogP contribution is -2.39. The summed E-state index contributed by atoms with van der Waals surface area (Å²) in [5, 5.41) is 10.3. The van der Waals surface area contributed by atoms with Crippen LogP contribution in [0.25, 0.3) is 16.6 Å². The molecule has 1 atom stereocenters. The van der Waals surface area contributed by atoms with Crippen LogP contribution in [0.5, 0.6) is 0 Å². The van der Waals surface area contributed by atoms with Gasteiger partial charge in [-0.05, 0) is 18.4 Å². The van der Waals surface area contributed by atoms with Gasteiger partial charge in [0.15, 0.2) is 5.60 Å². The van der Waals surface area contributed by atoms with Gasteiger partial charge in [0.05, 0.1) is 24.1 Å². The van der Waals surface area contributed by atoms with E-state index in [4.69, 9.17) is 4.74 Å². The predicted octanol–water partition coefficient (Wildman–Crippen LogP) is 2.19. The van der Waals surface area contributed by atoms with Gasteiger partial charge in [0.25, 0.3) is 0 Å². The number of hydrogen-bond acceptors (Lipinski definition) is 5. The van der Waals surface area contributed by atoms with Gasteiger partial charge in [0.1, 0.15) is 6.26 Å². The Hall–Kier alpha value is -2.52. The van der Waals surface area contributed by atoms with Crippen molar-refractivity contribution < 1.29 is 23.1 Å². The number of rotatable bonds is 7. The molecule has 0 fully saturated rings. The number of para-hydroxylation sites is 1. The summed E-state index contributed by atoms with van der Waals surface area (Å²) < 4.78 is 28.8. The molecule has 27 heavy (non-hydrogen) atoms. The predicted molar refractivity (Wildman–Crippen MR) is 102 cm³/mol. The van der Waals surface area contributed by atoms with Crippen molar-refractivity contribution in [3.05, 3.63) is 41.3 Å². The number of H-pyrrole nitrogens is 1. The van der Waals surface area contributed by atoms with Crippen LogP contribution in [0.1, 0.15) is 43.5 Å². The molecule has 1 aliphatic rings. The van der Waals surface area contributed by atoms with E-state index in [9.17, 15) is 18.3 Å². The molecule has 2 aromatic rings. The summed E-state index contributed by atoms with van der Waals surface area (Å²) in [6, 6.07) is 5.85. The fraction of sp³-hybridized carbons (Fsp3) is 0.389. The third-order valence-electron chi connectivity index (χ3n) is 4.81. The minimum Gasteiger partial charge on any atom is -0.486 e. The summed E-state index contributed by atoms with van der Waals surface area (Å²) in [6.07, 6.45) is 3.44. The molecule has 0 bridgehead atoms. The summed E-state index contributed by atoms with van der Waals surface area (Å²) in [4.78, 5) is 17.1. The van der Waals surface area contributed by atoms with E-state index in [1.165, 1.54) is 6.26 Å². The van der Waals surface area contributed by atoms with Crippen LogP contribution in [0.2, 0.25) is 0 Å². The Morgan fingerprint density at radius 2 is 2.07 bits per heavy atom. The zero-order valence-electron chi connectivity index (χ0n) is 15.4. The van der Waals surface area contributed by atoms with Crippen molar-refractivity contribution in [1.29, 1.82) is 0 Å². The average molecular weight is 393 g/mol. The van der Waals surface area contributed by atoms with Crippen molar-refractivity contribution >= 4 is 32.6 Å². The second-order valence-corrected chi connectivity index (χ2v) is 8.38. The van der Waals surface area contributed by atoms with Crippen molar-refractivity contribution in [3.8, 4) is 0 Å². The van der Waals surface area contributed by atoms with Crippen molar-refractivity contribution in [2.75, 3.05) is 6.26 Å². The van der Waals surface area contributed by atoms with Gasteiger partial charge in [-0.3, -0.25) is 4.79 Å². The number of fused-ring (bicyclic) bond motifs is 3. The first kappa shape index (κ1) is 19.2. The molecular formula is C18H23N3O5S. The highest BCUT2D eigenvalue weighted by molar-refractivity contribution is 7.88. The number of aliphatic carboxylic acids is 1. The van der Waals surface area contributed by atoms with Crippen LogP contribution in [-0.2, 0) is 31.6 Å². The lowest BCUT2D eigenvalue weighted by molar-refractivity contribution is -0.144. The van der Waals surface area contributed by atoms with E-state index in [1.54, 1.807) is 0 Å². The van der Waals surface area contributed by atoms with Crippen molar-refractivity contribution in [3.63, 3.8) is 0 Å². The summed E-state index contributed by atoms with van der Waals surface area (Å²) >= 11 is 0. The zero-order valence-corrected chi connectivity index (χ0v) is 16.2. The van der Waals surface area contributed by atoms with Gasteiger partial charge in [-0.1, -0.05) is 32.0 Å². The van der Waals surface area contributed by atoms with E-state index in [-0.39, 0.29) is 6.42 Å². The average Bonchev–Trinajstić information content (AvgIpc) is 3.00. The molecule has 9 heteroatoms. The first-order chi connectivity index (χ1) is 12.7. The Morgan fingerprint density at radius 1 is 1.33 bits per heavy atom. The number of hydrazine groups is 1. The van der Waals surface area contributed by atoms with Crippen LogP contribution < -0.4 is 10.3 Å². The number of benzene rings is 1. The summed E-state index contributed by atoms with van der Waals surface area (Å²) in [5.74, 6) is -0.976. The van der Waals surface area contributed by atoms with E-state index in [0.29, 0.717) is 23.4 Å². The smallest absolute Gasteiger partial charge is 0.307 e. The fourth-order valence-electron chi connectivity index (χ4n) is 3.48. The minimum atomic E-state index is -3.49. The molecule has 1 unspecified atom stereocenters. The number of carboxylic acids is 1. The first-order valence-corrected chi connectivity index (χ1v) is 10.6. The molecule has 8 nitrogen and oxygen atoms in total. The minimum absolute atomic E-state index is 0.214. The van der Waals surface area contributed by atoms with Gasteiger partial charge in [-0.25, -0.2) is 8.42 Å². The highest BCUT2D eigenvalue weighted by Crippen LogP contribution is 2.44. The van der Waals surface area contributed by atoms with E-state index in [2.05, 4.69) is 15.2 Å². The van der Waals surface area contributed by atoms with Crippen LogP contribution in [0.4, 0.5) is 0 Å². The highest BCUT2D eigenvalue weighted by Gasteiger charge is 2.42. The van der Waals surface area contributed by atoms with Gasteiger partial charge >= 0.3 is 5.97 Å². The molecule has 2 heterocycles. The lowest BCUT2D eigenvalue weighted by Gasteiger charge is -2.35. The van der Waals surface area contributed by atoms with E-state index >= 15 is 0 Å². The number of ether oxygens (including phenoxy) is 1. The third-order valence-corrected chi connectivity index (χ3v) is 5.28.